The fraction of sp³-hybridized carbons (Fsp3) is 0. The van der Waals surface area contributed by atoms with Gasteiger partial charge in [-0.15, -0.1) is 6.34 Å². The smallest absolute Gasteiger partial charge is 0.235 e. The van der Waals surface area contributed by atoms with E-state index < -0.39 is 0 Å². The Labute approximate surface area is 68.2 Å². The van der Waals surface area contributed by atoms with E-state index in [9.17, 15) is 0 Å². The largest absolute Gasteiger partial charge is 0.489 e. The van der Waals surface area contributed by atoms with Gasteiger partial charge in [-0.05, 0) is 0 Å². The van der Waals surface area contributed by atoms with Gasteiger partial charge in [0.05, 0.1) is 0 Å². The molecule has 30 valence electrons. The first-order valence-corrected chi connectivity index (χ1v) is 0.577. The van der Waals surface area contributed by atoms with Crippen molar-refractivity contribution in [3.63, 3.8) is 0 Å². The number of rotatable bonds is 0. The first kappa shape index (κ1) is 16.5. The first-order chi connectivity index (χ1) is 1.41. The summed E-state index contributed by atoms with van der Waals surface area (Å²) in [6, 6.07) is 0. The number of nitrogens with one attached hydrogen (secondary N) is 2. The summed E-state index contributed by atoms with van der Waals surface area (Å²) in [5.74, 6) is 0. The Morgan fingerprint density at radius 1 is 1.60 bits per heavy atom. The normalized spacial score (nSPS) is 2.40. The van der Waals surface area contributed by atoms with Crippen LogP contribution in [0.5, 0.6) is 0 Å². The molecule has 2 N–H and O–H groups in total. The van der Waals surface area contributed by atoms with Gasteiger partial charge in [-0.1, -0.05) is 0 Å². The molecule has 2 nitrogen and oxygen atoms in total. The molecule has 0 saturated heterocycles. The summed E-state index contributed by atoms with van der Waals surface area (Å²) in [6.07, 6.45) is 0.500. The molecule has 0 saturated carbocycles. The number of hydrogen-bond donors (Lipinski definition) is 1. The molecule has 0 unspecified atom stereocenters. The third-order valence-corrected chi connectivity index (χ3v) is 0. The molecule has 0 rings (SSSR count). The van der Waals surface area contributed by atoms with Crippen molar-refractivity contribution in [2.24, 2.45) is 0 Å². The minimum Gasteiger partial charge on any atom is -0.489 e. The molecule has 0 atom stereocenters. The predicted molar refractivity (Wildman–Crippen MR) is 21.6 cm³/mol. The summed E-state index contributed by atoms with van der Waals surface area (Å²) in [4.78, 5) is 0. The van der Waals surface area contributed by atoms with E-state index in [1.165, 1.54) is 0 Å². The molecule has 0 heterocycles. The molecule has 0 spiro atoms. The number of halogens is 1. The number of hydrogen-bond acceptors (Lipinski definition) is 1. The Morgan fingerprint density at radius 2 is 1.60 bits per heavy atom. The SMILES string of the molecule is N=C[NH-].[IH2+].[Pb]. The van der Waals surface area contributed by atoms with Gasteiger partial charge >= 0.3 is 0 Å². The molecule has 0 aromatic rings. The van der Waals surface area contributed by atoms with E-state index in [0.717, 1.165) is 0 Å². The van der Waals surface area contributed by atoms with Crippen molar-refractivity contribution >= 4 is 33.6 Å². The second-order valence-electron chi connectivity index (χ2n) is 0.144. The predicted octanol–water partition coefficient (Wildman–Crippen LogP) is -3.27. The van der Waals surface area contributed by atoms with Crippen LogP contribution < -0.4 is 24.0 Å². The topological polar surface area (TPSA) is 47.7 Å². The van der Waals surface area contributed by atoms with Crippen LogP contribution >= 0.6 is 0 Å². The summed E-state index contributed by atoms with van der Waals surface area (Å²) in [5.41, 5.74) is 5.75. The zero-order valence-electron chi connectivity index (χ0n) is 2.52. The standard InChI is InChI=1S/CH3N2.H2I.Pb/c2-1-3;;/h1H,(H2-,2,3);1H2;/q-1;+1;. The minimum absolute atomic E-state index is 0. The van der Waals surface area contributed by atoms with Crippen molar-refractivity contribution in [3.05, 3.63) is 5.73 Å². The zero-order chi connectivity index (χ0) is 2.71. The monoisotopic (exact) mass is 380 g/mol. The summed E-state index contributed by atoms with van der Waals surface area (Å²) in [6.45, 7) is 0. The van der Waals surface area contributed by atoms with E-state index in [2.05, 4.69) is 0 Å². The van der Waals surface area contributed by atoms with Crippen LogP contribution in [0.4, 0.5) is 0 Å². The second-order valence-corrected chi connectivity index (χ2v) is 0.144. The summed E-state index contributed by atoms with van der Waals surface area (Å²) in [5, 5.41) is 5.75. The molecule has 0 aromatic heterocycles. The van der Waals surface area contributed by atoms with Gasteiger partial charge in [-0.3, -0.25) is 0 Å². The van der Waals surface area contributed by atoms with Crippen LogP contribution in [0.3, 0.4) is 0 Å². The van der Waals surface area contributed by atoms with E-state index in [1.54, 1.807) is 0 Å². The maximum atomic E-state index is 5.75. The Bertz CT molecular complexity index is 17.1. The van der Waals surface area contributed by atoms with Crippen LogP contribution in [0, 0.1) is 5.41 Å². The van der Waals surface area contributed by atoms with Crippen molar-refractivity contribution < 1.29 is 24.0 Å². The van der Waals surface area contributed by atoms with Crippen LogP contribution in [0.25, 0.3) is 5.73 Å². The molecule has 4 heteroatoms. The van der Waals surface area contributed by atoms with Crippen LogP contribution in [0.15, 0.2) is 0 Å². The van der Waals surface area contributed by atoms with Gasteiger partial charge < -0.3 is 11.1 Å². The molecule has 0 aliphatic heterocycles. The van der Waals surface area contributed by atoms with E-state index >= 15 is 0 Å². The third kappa shape index (κ3) is 39.7. The van der Waals surface area contributed by atoms with Gasteiger partial charge in [0.15, 0.2) is 0 Å². The van der Waals surface area contributed by atoms with Gasteiger partial charge in [-0.2, -0.15) is 0 Å². The molecular formula is CH5IN2Pb. The Morgan fingerprint density at radius 3 is 1.60 bits per heavy atom. The Kier molecular flexibility index (Phi) is 63.7. The maximum Gasteiger partial charge on any atom is 0.235 e. The average Bonchev–Trinajstić information content (AvgIpc) is 0.918. The average molecular weight is 379 g/mol. The van der Waals surface area contributed by atoms with Crippen LogP contribution in [0.2, 0.25) is 0 Å². The fourth-order valence-electron chi connectivity index (χ4n) is 0. The maximum absolute atomic E-state index is 5.75. The first-order valence-electron chi connectivity index (χ1n) is 0.577. The van der Waals surface area contributed by atoms with Gasteiger partial charge in [-0.25, -0.2) is 0 Å². The quantitative estimate of drug-likeness (QED) is 0.199. The van der Waals surface area contributed by atoms with Crippen molar-refractivity contribution in [1.29, 1.82) is 5.41 Å². The second kappa shape index (κ2) is 19.3. The molecule has 0 aromatic carbocycles. The molecule has 0 bridgehead atoms. The Balaban J connectivity index is -0.0000000200. The third-order valence-electron chi connectivity index (χ3n) is 0. The zero-order valence-corrected chi connectivity index (χ0v) is 8.96. The van der Waals surface area contributed by atoms with Crippen molar-refractivity contribution in [2.45, 2.75) is 0 Å². The Hall–Kier alpha value is 1.12. The summed E-state index contributed by atoms with van der Waals surface area (Å²) < 4.78 is 0. The molecule has 0 aliphatic carbocycles. The van der Waals surface area contributed by atoms with Crippen LogP contribution in [-0.4, -0.2) is 33.6 Å². The van der Waals surface area contributed by atoms with E-state index in [-0.39, 0.29) is 51.3 Å². The van der Waals surface area contributed by atoms with E-state index in [4.69, 9.17) is 11.1 Å². The molecule has 0 aliphatic rings. The van der Waals surface area contributed by atoms with Gasteiger partial charge in [0.2, 0.25) is 24.0 Å². The fourth-order valence-corrected chi connectivity index (χ4v) is 0. The molecule has 4 radical (unpaired) electrons. The van der Waals surface area contributed by atoms with Crippen molar-refractivity contribution in [2.75, 3.05) is 0 Å². The van der Waals surface area contributed by atoms with Crippen molar-refractivity contribution in [1.82, 2.24) is 0 Å². The van der Waals surface area contributed by atoms with Gasteiger partial charge in [0.1, 0.15) is 0 Å². The summed E-state index contributed by atoms with van der Waals surface area (Å²) >= 11 is 0. The van der Waals surface area contributed by atoms with Crippen LogP contribution in [-0.2, 0) is 0 Å². The summed E-state index contributed by atoms with van der Waals surface area (Å²) in [7, 11) is 0. The van der Waals surface area contributed by atoms with Gasteiger partial charge in [0, 0.05) is 27.3 Å². The van der Waals surface area contributed by atoms with Crippen LogP contribution in [0.1, 0.15) is 0 Å². The van der Waals surface area contributed by atoms with Crippen molar-refractivity contribution in [3.8, 4) is 0 Å². The van der Waals surface area contributed by atoms with Gasteiger partial charge in [0.25, 0.3) is 0 Å². The molecule has 5 heavy (non-hydrogen) atoms. The molecule has 0 fully saturated rings. The molecule has 0 amide bonds. The van der Waals surface area contributed by atoms with E-state index in [0.29, 0.717) is 6.34 Å². The van der Waals surface area contributed by atoms with E-state index in [1.807, 2.05) is 0 Å². The minimum atomic E-state index is 0. The molecular weight excluding hydrogens is 374 g/mol.